The van der Waals surface area contributed by atoms with Gasteiger partial charge in [-0.3, -0.25) is 0 Å². The third kappa shape index (κ3) is 1.55. The molecule has 0 amide bonds. The molecule has 0 bridgehead atoms. The normalized spacial score (nSPS) is 16.9. The molecule has 0 aliphatic heterocycles. The number of aromatic nitrogens is 1. The van der Waals surface area contributed by atoms with Crippen LogP contribution in [0.5, 0.6) is 0 Å². The minimum absolute atomic E-state index is 0.861. The van der Waals surface area contributed by atoms with Crippen molar-refractivity contribution in [3.8, 4) is 0 Å². The van der Waals surface area contributed by atoms with E-state index in [1.165, 1.54) is 30.2 Å². The molecule has 1 heterocycles. The minimum Gasteiger partial charge on any atom is -0.347 e. The Morgan fingerprint density at radius 3 is 2.87 bits per heavy atom. The molecule has 1 nitrogen and oxygen atoms in total. The van der Waals surface area contributed by atoms with Crippen molar-refractivity contribution in [2.75, 3.05) is 0 Å². The standard InChI is InChI=1S/C13H14ClN/c14-12-5-2-6-13-11(12)7-8-15(13)9-10-3-1-4-10/h2,5-8,10H,1,3-4,9H2. The van der Waals surface area contributed by atoms with E-state index < -0.39 is 0 Å². The predicted molar refractivity (Wildman–Crippen MR) is 64.3 cm³/mol. The number of halogens is 1. The second kappa shape index (κ2) is 3.57. The molecule has 1 saturated carbocycles. The van der Waals surface area contributed by atoms with E-state index in [4.69, 9.17) is 11.6 Å². The van der Waals surface area contributed by atoms with E-state index in [0.29, 0.717) is 0 Å². The summed E-state index contributed by atoms with van der Waals surface area (Å²) in [6.07, 6.45) is 6.35. The maximum Gasteiger partial charge on any atom is 0.0499 e. The fraction of sp³-hybridized carbons (Fsp3) is 0.385. The van der Waals surface area contributed by atoms with E-state index in [1.807, 2.05) is 12.1 Å². The zero-order valence-electron chi connectivity index (χ0n) is 8.62. The van der Waals surface area contributed by atoms with Crippen LogP contribution in [0.3, 0.4) is 0 Å². The largest absolute Gasteiger partial charge is 0.347 e. The molecular weight excluding hydrogens is 206 g/mol. The first-order valence-electron chi connectivity index (χ1n) is 5.58. The smallest absolute Gasteiger partial charge is 0.0499 e. The van der Waals surface area contributed by atoms with Crippen LogP contribution < -0.4 is 0 Å². The van der Waals surface area contributed by atoms with Gasteiger partial charge in [0, 0.05) is 28.7 Å². The SMILES string of the molecule is Clc1cccc2c1ccn2CC1CCC1. The molecule has 1 aliphatic carbocycles. The van der Waals surface area contributed by atoms with Gasteiger partial charge < -0.3 is 4.57 Å². The molecule has 2 aromatic rings. The van der Waals surface area contributed by atoms with Crippen molar-refractivity contribution in [2.45, 2.75) is 25.8 Å². The highest BCUT2D eigenvalue weighted by Crippen LogP contribution is 2.30. The highest BCUT2D eigenvalue weighted by molar-refractivity contribution is 6.35. The number of hydrogen-bond donors (Lipinski definition) is 0. The fourth-order valence-electron chi connectivity index (χ4n) is 2.30. The Hall–Kier alpha value is -0.950. The van der Waals surface area contributed by atoms with Crippen LogP contribution in [-0.2, 0) is 6.54 Å². The first-order valence-corrected chi connectivity index (χ1v) is 5.96. The van der Waals surface area contributed by atoms with Gasteiger partial charge in [0.25, 0.3) is 0 Å². The summed E-state index contributed by atoms with van der Waals surface area (Å²) in [6, 6.07) is 8.26. The maximum atomic E-state index is 6.14. The lowest BCUT2D eigenvalue weighted by Crippen LogP contribution is -2.17. The number of hydrogen-bond acceptors (Lipinski definition) is 0. The van der Waals surface area contributed by atoms with Crippen molar-refractivity contribution >= 4 is 22.5 Å². The summed E-state index contributed by atoms with van der Waals surface area (Å²) in [5, 5.41) is 2.04. The number of fused-ring (bicyclic) bond motifs is 1. The van der Waals surface area contributed by atoms with Crippen LogP contribution >= 0.6 is 11.6 Å². The summed E-state index contributed by atoms with van der Waals surface area (Å²) < 4.78 is 2.34. The molecule has 1 aliphatic rings. The fourth-order valence-corrected chi connectivity index (χ4v) is 2.53. The molecule has 0 atom stereocenters. The zero-order chi connectivity index (χ0) is 10.3. The molecule has 0 unspecified atom stereocenters. The summed E-state index contributed by atoms with van der Waals surface area (Å²) >= 11 is 6.14. The topological polar surface area (TPSA) is 4.93 Å². The first kappa shape index (κ1) is 9.29. The lowest BCUT2D eigenvalue weighted by atomic mass is 9.85. The van der Waals surface area contributed by atoms with Gasteiger partial charge in [0.1, 0.15) is 0 Å². The van der Waals surface area contributed by atoms with Crippen molar-refractivity contribution in [2.24, 2.45) is 5.92 Å². The third-order valence-electron chi connectivity index (χ3n) is 3.44. The van der Waals surface area contributed by atoms with Crippen LogP contribution in [0.25, 0.3) is 10.9 Å². The Labute approximate surface area is 94.7 Å². The number of nitrogens with zero attached hydrogens (tertiary/aromatic N) is 1. The number of benzene rings is 1. The van der Waals surface area contributed by atoms with Crippen LogP contribution in [0.1, 0.15) is 19.3 Å². The van der Waals surface area contributed by atoms with Crippen molar-refractivity contribution in [1.82, 2.24) is 4.57 Å². The van der Waals surface area contributed by atoms with Gasteiger partial charge in [-0.05, 0) is 37.0 Å². The second-order valence-electron chi connectivity index (χ2n) is 4.44. The molecule has 78 valence electrons. The van der Waals surface area contributed by atoms with E-state index in [9.17, 15) is 0 Å². The average molecular weight is 220 g/mol. The third-order valence-corrected chi connectivity index (χ3v) is 3.77. The van der Waals surface area contributed by atoms with Crippen LogP contribution in [0.15, 0.2) is 30.5 Å². The van der Waals surface area contributed by atoms with Crippen LogP contribution in [0.4, 0.5) is 0 Å². The van der Waals surface area contributed by atoms with E-state index in [-0.39, 0.29) is 0 Å². The molecule has 1 fully saturated rings. The van der Waals surface area contributed by atoms with Gasteiger partial charge in [-0.25, -0.2) is 0 Å². The van der Waals surface area contributed by atoms with Crippen molar-refractivity contribution in [1.29, 1.82) is 0 Å². The summed E-state index contributed by atoms with van der Waals surface area (Å²) in [5.74, 6) is 0.889. The van der Waals surface area contributed by atoms with Gasteiger partial charge in [-0.15, -0.1) is 0 Å². The van der Waals surface area contributed by atoms with Gasteiger partial charge in [-0.1, -0.05) is 24.1 Å². The van der Waals surface area contributed by atoms with E-state index in [2.05, 4.69) is 22.9 Å². The Balaban J connectivity index is 2.00. The predicted octanol–water partition coefficient (Wildman–Crippen LogP) is 4.09. The molecule has 1 aromatic carbocycles. The maximum absolute atomic E-state index is 6.14. The van der Waals surface area contributed by atoms with Gasteiger partial charge in [0.05, 0.1) is 0 Å². The van der Waals surface area contributed by atoms with Crippen molar-refractivity contribution in [3.63, 3.8) is 0 Å². The summed E-state index contributed by atoms with van der Waals surface area (Å²) in [4.78, 5) is 0. The summed E-state index contributed by atoms with van der Waals surface area (Å²) in [7, 11) is 0. The lowest BCUT2D eigenvalue weighted by molar-refractivity contribution is 0.280. The molecule has 0 N–H and O–H groups in total. The zero-order valence-corrected chi connectivity index (χ0v) is 9.37. The molecule has 2 heteroatoms. The van der Waals surface area contributed by atoms with E-state index >= 15 is 0 Å². The van der Waals surface area contributed by atoms with Crippen LogP contribution in [0, 0.1) is 5.92 Å². The monoisotopic (exact) mass is 219 g/mol. The minimum atomic E-state index is 0.861. The average Bonchev–Trinajstić information content (AvgIpc) is 2.56. The quantitative estimate of drug-likeness (QED) is 0.717. The van der Waals surface area contributed by atoms with Gasteiger partial charge >= 0.3 is 0 Å². The van der Waals surface area contributed by atoms with Crippen LogP contribution in [0.2, 0.25) is 5.02 Å². The lowest BCUT2D eigenvalue weighted by Gasteiger charge is -2.26. The summed E-state index contributed by atoms with van der Waals surface area (Å²) in [5.41, 5.74) is 1.27. The number of rotatable bonds is 2. The molecular formula is C13H14ClN. The van der Waals surface area contributed by atoms with Gasteiger partial charge in [0.2, 0.25) is 0 Å². The van der Waals surface area contributed by atoms with Crippen molar-refractivity contribution in [3.05, 3.63) is 35.5 Å². The molecule has 3 rings (SSSR count). The Morgan fingerprint density at radius 1 is 1.27 bits per heavy atom. The van der Waals surface area contributed by atoms with Crippen LogP contribution in [-0.4, -0.2) is 4.57 Å². The molecule has 0 saturated heterocycles. The molecule has 0 radical (unpaired) electrons. The van der Waals surface area contributed by atoms with E-state index in [1.54, 1.807) is 0 Å². The molecule has 1 aromatic heterocycles. The van der Waals surface area contributed by atoms with Crippen molar-refractivity contribution < 1.29 is 0 Å². The Morgan fingerprint density at radius 2 is 2.13 bits per heavy atom. The molecule has 15 heavy (non-hydrogen) atoms. The second-order valence-corrected chi connectivity index (χ2v) is 4.84. The first-order chi connectivity index (χ1) is 7.34. The highest BCUT2D eigenvalue weighted by atomic mass is 35.5. The van der Waals surface area contributed by atoms with E-state index in [0.717, 1.165) is 17.5 Å². The Bertz CT molecular complexity index is 482. The summed E-state index contributed by atoms with van der Waals surface area (Å²) in [6.45, 7) is 1.16. The highest BCUT2D eigenvalue weighted by Gasteiger charge is 2.18. The Kier molecular flexibility index (Phi) is 2.21. The molecule has 0 spiro atoms. The van der Waals surface area contributed by atoms with Gasteiger partial charge in [0.15, 0.2) is 0 Å². The van der Waals surface area contributed by atoms with Gasteiger partial charge in [-0.2, -0.15) is 0 Å².